The van der Waals surface area contributed by atoms with E-state index in [1.165, 1.54) is 0 Å². The molecule has 1 fully saturated rings. The summed E-state index contributed by atoms with van der Waals surface area (Å²) >= 11 is 0. The first-order valence-corrected chi connectivity index (χ1v) is 2.42. The fraction of sp³-hybridized carbons (Fsp3) is 1.00. The maximum atomic E-state index is 5.43. The molecule has 3 heteroatoms. The van der Waals surface area contributed by atoms with E-state index in [2.05, 4.69) is 0 Å². The lowest BCUT2D eigenvalue weighted by Crippen LogP contribution is -2.34. The Hall–Kier alpha value is -0.120. The van der Waals surface area contributed by atoms with Crippen LogP contribution in [0, 0.1) is 0 Å². The van der Waals surface area contributed by atoms with Crippen molar-refractivity contribution >= 4 is 0 Å². The Morgan fingerprint density at radius 1 is 1.86 bits per heavy atom. The lowest BCUT2D eigenvalue weighted by Gasteiger charge is -1.99. The zero-order valence-corrected chi connectivity index (χ0v) is 4.13. The van der Waals surface area contributed by atoms with Gasteiger partial charge < -0.3 is 16.2 Å². The molecule has 1 saturated heterocycles. The van der Waals surface area contributed by atoms with Gasteiger partial charge in [0.2, 0.25) is 0 Å². The largest absolute Gasteiger partial charge is 0.371 e. The molecule has 1 aliphatic rings. The molecule has 2 unspecified atom stereocenters. The summed E-state index contributed by atoms with van der Waals surface area (Å²) < 4.78 is 4.86. The van der Waals surface area contributed by atoms with Crippen LogP contribution >= 0.6 is 0 Å². The quantitative estimate of drug-likeness (QED) is 0.425. The summed E-state index contributed by atoms with van der Waals surface area (Å²) in [6, 6.07) is 0.0694. The fourth-order valence-corrected chi connectivity index (χ4v) is 0.455. The number of ether oxygens (including phenoxy) is 1. The van der Waals surface area contributed by atoms with Crippen LogP contribution in [0.15, 0.2) is 0 Å². The summed E-state index contributed by atoms with van der Waals surface area (Å²) in [6.45, 7) is 1.34. The third-order valence-electron chi connectivity index (χ3n) is 1.11. The normalized spacial score (nSPS) is 32.6. The Bertz CT molecular complexity index is 62.7. The minimum atomic E-state index is 0.0694. The molecule has 0 spiro atoms. The molecular formula is C4H10N2O. The molecule has 1 aliphatic heterocycles. The van der Waals surface area contributed by atoms with Crippen LogP contribution in [0.3, 0.4) is 0 Å². The second-order valence-corrected chi connectivity index (χ2v) is 1.77. The number of rotatable bonds is 2. The van der Waals surface area contributed by atoms with Crippen LogP contribution in [0.2, 0.25) is 0 Å². The highest BCUT2D eigenvalue weighted by Gasteiger charge is 2.28. The van der Waals surface area contributed by atoms with Crippen LogP contribution in [0.25, 0.3) is 0 Å². The Morgan fingerprint density at radius 2 is 2.43 bits per heavy atom. The average Bonchev–Trinajstić information content (AvgIpc) is 2.44. The molecule has 3 nitrogen and oxygen atoms in total. The van der Waals surface area contributed by atoms with Crippen LogP contribution in [-0.2, 0) is 4.74 Å². The van der Waals surface area contributed by atoms with Gasteiger partial charge in [0.15, 0.2) is 0 Å². The van der Waals surface area contributed by atoms with Crippen LogP contribution < -0.4 is 11.5 Å². The zero-order valence-electron chi connectivity index (χ0n) is 4.13. The van der Waals surface area contributed by atoms with E-state index < -0.39 is 0 Å². The highest BCUT2D eigenvalue weighted by Crippen LogP contribution is 2.10. The maximum Gasteiger partial charge on any atom is 0.0972 e. The minimum Gasteiger partial charge on any atom is -0.371 e. The number of nitrogens with two attached hydrogens (primary N) is 2. The summed E-state index contributed by atoms with van der Waals surface area (Å²) in [5.41, 5.74) is 10.6. The van der Waals surface area contributed by atoms with Crippen molar-refractivity contribution < 1.29 is 4.74 Å². The van der Waals surface area contributed by atoms with E-state index in [0.717, 1.165) is 6.61 Å². The molecule has 4 N–H and O–H groups in total. The van der Waals surface area contributed by atoms with Crippen LogP contribution in [0.5, 0.6) is 0 Å². The highest BCUT2D eigenvalue weighted by atomic mass is 16.6. The van der Waals surface area contributed by atoms with Crippen molar-refractivity contribution in [2.45, 2.75) is 12.1 Å². The van der Waals surface area contributed by atoms with Crippen molar-refractivity contribution in [2.75, 3.05) is 13.2 Å². The van der Waals surface area contributed by atoms with E-state index in [1.54, 1.807) is 0 Å². The van der Waals surface area contributed by atoms with Gasteiger partial charge in [0.25, 0.3) is 0 Å². The smallest absolute Gasteiger partial charge is 0.0972 e. The number of hydrogen-bond donors (Lipinski definition) is 2. The molecule has 0 amide bonds. The van der Waals surface area contributed by atoms with Gasteiger partial charge in [-0.1, -0.05) is 0 Å². The Balaban J connectivity index is 2.10. The third-order valence-corrected chi connectivity index (χ3v) is 1.11. The number of hydrogen-bond acceptors (Lipinski definition) is 3. The molecular weight excluding hydrogens is 92.1 g/mol. The molecule has 7 heavy (non-hydrogen) atoms. The molecule has 1 rings (SSSR count). The van der Waals surface area contributed by atoms with E-state index in [-0.39, 0.29) is 12.1 Å². The average molecular weight is 102 g/mol. The third kappa shape index (κ3) is 1.12. The minimum absolute atomic E-state index is 0.0694. The first-order valence-electron chi connectivity index (χ1n) is 2.42. The zero-order chi connectivity index (χ0) is 5.28. The first kappa shape index (κ1) is 5.03. The molecule has 0 aromatic heterocycles. The fourth-order valence-electron chi connectivity index (χ4n) is 0.455. The molecule has 0 saturated carbocycles. The molecule has 0 aliphatic carbocycles. The SMILES string of the molecule is NCC(N)C1CO1. The predicted molar refractivity (Wildman–Crippen MR) is 26.8 cm³/mol. The molecule has 0 bridgehead atoms. The van der Waals surface area contributed by atoms with Crippen LogP contribution in [-0.4, -0.2) is 25.3 Å². The van der Waals surface area contributed by atoms with Gasteiger partial charge in [-0.05, 0) is 0 Å². The van der Waals surface area contributed by atoms with Crippen molar-refractivity contribution in [2.24, 2.45) is 11.5 Å². The van der Waals surface area contributed by atoms with Gasteiger partial charge >= 0.3 is 0 Å². The maximum absolute atomic E-state index is 5.43. The molecule has 0 aromatic carbocycles. The van der Waals surface area contributed by atoms with Gasteiger partial charge in [0, 0.05) is 12.6 Å². The van der Waals surface area contributed by atoms with E-state index >= 15 is 0 Å². The van der Waals surface area contributed by atoms with E-state index in [0.29, 0.717) is 6.54 Å². The summed E-state index contributed by atoms with van der Waals surface area (Å²) in [7, 11) is 0. The van der Waals surface area contributed by atoms with E-state index in [4.69, 9.17) is 16.2 Å². The van der Waals surface area contributed by atoms with Gasteiger partial charge in [-0.15, -0.1) is 0 Å². The van der Waals surface area contributed by atoms with E-state index in [9.17, 15) is 0 Å². The van der Waals surface area contributed by atoms with Crippen molar-refractivity contribution in [3.8, 4) is 0 Å². The second-order valence-electron chi connectivity index (χ2n) is 1.77. The van der Waals surface area contributed by atoms with Crippen molar-refractivity contribution in [3.63, 3.8) is 0 Å². The van der Waals surface area contributed by atoms with Gasteiger partial charge in [0.05, 0.1) is 12.7 Å². The summed E-state index contributed by atoms with van der Waals surface area (Å²) in [4.78, 5) is 0. The molecule has 0 radical (unpaired) electrons. The van der Waals surface area contributed by atoms with Crippen molar-refractivity contribution in [1.29, 1.82) is 0 Å². The van der Waals surface area contributed by atoms with Gasteiger partial charge in [-0.25, -0.2) is 0 Å². The monoisotopic (exact) mass is 102 g/mol. The molecule has 42 valence electrons. The molecule has 0 aromatic rings. The molecule has 1 heterocycles. The second kappa shape index (κ2) is 1.78. The molecule has 2 atom stereocenters. The summed E-state index contributed by atoms with van der Waals surface area (Å²) in [5.74, 6) is 0. The predicted octanol–water partition coefficient (Wildman–Crippen LogP) is -1.33. The van der Waals surface area contributed by atoms with Gasteiger partial charge in [-0.2, -0.15) is 0 Å². The number of epoxide rings is 1. The first-order chi connectivity index (χ1) is 3.34. The lowest BCUT2D eigenvalue weighted by molar-refractivity contribution is 0.375. The summed E-state index contributed by atoms with van der Waals surface area (Å²) in [5, 5.41) is 0. The van der Waals surface area contributed by atoms with Gasteiger partial charge in [-0.3, -0.25) is 0 Å². The van der Waals surface area contributed by atoms with Crippen LogP contribution in [0.1, 0.15) is 0 Å². The van der Waals surface area contributed by atoms with Gasteiger partial charge in [0.1, 0.15) is 0 Å². The highest BCUT2D eigenvalue weighted by molar-refractivity contribution is 4.82. The van der Waals surface area contributed by atoms with Crippen LogP contribution in [0.4, 0.5) is 0 Å². The van der Waals surface area contributed by atoms with E-state index in [1.807, 2.05) is 0 Å². The Kier molecular flexibility index (Phi) is 1.27. The lowest BCUT2D eigenvalue weighted by atomic mass is 10.2. The van der Waals surface area contributed by atoms with Crippen molar-refractivity contribution in [3.05, 3.63) is 0 Å². The Labute approximate surface area is 42.6 Å². The standard InChI is InChI=1S/C4H10N2O/c5-1-3(6)4-2-7-4/h3-4H,1-2,5-6H2. The topological polar surface area (TPSA) is 64.6 Å². The van der Waals surface area contributed by atoms with Crippen molar-refractivity contribution in [1.82, 2.24) is 0 Å². The Morgan fingerprint density at radius 3 is 2.57 bits per heavy atom. The summed E-state index contributed by atoms with van der Waals surface area (Å²) in [6.07, 6.45) is 0.269.